The van der Waals surface area contributed by atoms with E-state index in [9.17, 15) is 9.59 Å². The number of hydrogen-bond donors (Lipinski definition) is 1. The van der Waals surface area contributed by atoms with Crippen molar-refractivity contribution in [2.45, 2.75) is 45.2 Å². The number of carbonyl (C=O) groups is 2. The third-order valence-electron chi connectivity index (χ3n) is 3.14. The van der Waals surface area contributed by atoms with Crippen LogP contribution in [-0.2, 0) is 4.79 Å². The Hall–Kier alpha value is -1.26. The Morgan fingerprint density at radius 2 is 1.88 bits per heavy atom. The summed E-state index contributed by atoms with van der Waals surface area (Å²) < 4.78 is 0. The van der Waals surface area contributed by atoms with Gasteiger partial charge in [-0.05, 0) is 33.6 Å². The molecule has 0 unspecified atom stereocenters. The molecule has 0 heterocycles. The molecule has 0 aromatic rings. The van der Waals surface area contributed by atoms with Gasteiger partial charge in [0.05, 0.1) is 0 Å². The molecule has 5 heteroatoms. The number of carboxylic acids is 1. The number of carbonyl (C=O) groups excluding carboxylic acids is 1. The number of carboxylic acid groups (broad SMARTS) is 1. The largest absolute Gasteiger partial charge is 0.480 e. The summed E-state index contributed by atoms with van der Waals surface area (Å²) in [5, 5.41) is 9.12. The number of rotatable bonds is 4. The molecule has 16 heavy (non-hydrogen) atoms. The lowest BCUT2D eigenvalue weighted by molar-refractivity contribution is -0.147. The third kappa shape index (κ3) is 2.28. The van der Waals surface area contributed by atoms with Crippen LogP contribution in [-0.4, -0.2) is 52.1 Å². The highest BCUT2D eigenvalue weighted by molar-refractivity contribution is 5.85. The van der Waals surface area contributed by atoms with Gasteiger partial charge in [-0.25, -0.2) is 9.59 Å². The minimum Gasteiger partial charge on any atom is -0.480 e. The first kappa shape index (κ1) is 12.8. The third-order valence-corrected chi connectivity index (χ3v) is 3.14. The molecule has 0 spiro atoms. The van der Waals surface area contributed by atoms with Gasteiger partial charge in [0.1, 0.15) is 5.54 Å². The van der Waals surface area contributed by atoms with Crippen LogP contribution in [0.25, 0.3) is 0 Å². The van der Waals surface area contributed by atoms with Crippen LogP contribution < -0.4 is 0 Å². The standard InChI is InChI=1S/C11H20N2O3/c1-5-13(11(2,3)9(14)15)10(16)12(4)8-6-7-8/h8H,5-7H2,1-4H3,(H,14,15). The van der Waals surface area contributed by atoms with Gasteiger partial charge in [-0.15, -0.1) is 0 Å². The van der Waals surface area contributed by atoms with Crippen LogP contribution in [0.1, 0.15) is 33.6 Å². The van der Waals surface area contributed by atoms with Crippen molar-refractivity contribution in [2.75, 3.05) is 13.6 Å². The van der Waals surface area contributed by atoms with E-state index in [1.54, 1.807) is 32.7 Å². The van der Waals surface area contributed by atoms with Gasteiger partial charge in [0.2, 0.25) is 0 Å². The molecule has 2 amide bonds. The Balaban J connectivity index is 2.80. The van der Waals surface area contributed by atoms with E-state index in [-0.39, 0.29) is 6.03 Å². The fraction of sp³-hybridized carbons (Fsp3) is 0.818. The fourth-order valence-corrected chi connectivity index (χ4v) is 1.69. The van der Waals surface area contributed by atoms with E-state index in [0.717, 1.165) is 12.8 Å². The average molecular weight is 228 g/mol. The summed E-state index contributed by atoms with van der Waals surface area (Å²) in [4.78, 5) is 26.3. The van der Waals surface area contributed by atoms with Gasteiger partial charge in [-0.1, -0.05) is 0 Å². The molecule has 0 bridgehead atoms. The summed E-state index contributed by atoms with van der Waals surface area (Å²) in [7, 11) is 1.74. The Kier molecular flexibility index (Phi) is 3.45. The van der Waals surface area contributed by atoms with Crippen LogP contribution >= 0.6 is 0 Å². The molecule has 0 aliphatic heterocycles. The van der Waals surface area contributed by atoms with Gasteiger partial charge in [-0.2, -0.15) is 0 Å². The number of amides is 2. The van der Waals surface area contributed by atoms with E-state index >= 15 is 0 Å². The Bertz CT molecular complexity index is 298. The van der Waals surface area contributed by atoms with E-state index in [2.05, 4.69) is 0 Å². The molecule has 5 nitrogen and oxygen atoms in total. The molecular weight excluding hydrogens is 208 g/mol. The predicted molar refractivity (Wildman–Crippen MR) is 60.3 cm³/mol. The van der Waals surface area contributed by atoms with Crippen LogP contribution in [0.4, 0.5) is 4.79 Å². The Morgan fingerprint density at radius 1 is 1.38 bits per heavy atom. The van der Waals surface area contributed by atoms with Crippen molar-refractivity contribution in [1.82, 2.24) is 9.80 Å². The lowest BCUT2D eigenvalue weighted by Gasteiger charge is -2.37. The number of hydrogen-bond acceptors (Lipinski definition) is 2. The molecule has 1 fully saturated rings. The zero-order chi connectivity index (χ0) is 12.5. The van der Waals surface area contributed by atoms with Gasteiger partial charge in [0.25, 0.3) is 0 Å². The Labute approximate surface area is 96.0 Å². The van der Waals surface area contributed by atoms with E-state index in [0.29, 0.717) is 12.6 Å². The van der Waals surface area contributed by atoms with Gasteiger partial charge in [0, 0.05) is 19.6 Å². The Morgan fingerprint density at radius 3 is 2.19 bits per heavy atom. The fourth-order valence-electron chi connectivity index (χ4n) is 1.69. The van der Waals surface area contributed by atoms with Crippen LogP contribution in [0.5, 0.6) is 0 Å². The molecule has 0 radical (unpaired) electrons. The lowest BCUT2D eigenvalue weighted by Crippen LogP contribution is -2.56. The van der Waals surface area contributed by atoms with E-state index in [1.165, 1.54) is 4.90 Å². The first-order valence-electron chi connectivity index (χ1n) is 5.60. The normalized spacial score (nSPS) is 15.8. The molecule has 92 valence electrons. The molecule has 0 aromatic carbocycles. The number of aliphatic carboxylic acids is 1. The summed E-state index contributed by atoms with van der Waals surface area (Å²) in [5.41, 5.74) is -1.16. The summed E-state index contributed by atoms with van der Waals surface area (Å²) in [6, 6.07) is 0.101. The summed E-state index contributed by atoms with van der Waals surface area (Å²) in [5.74, 6) is -0.980. The van der Waals surface area contributed by atoms with Crippen molar-refractivity contribution in [3.8, 4) is 0 Å². The van der Waals surface area contributed by atoms with Crippen LogP contribution in [0, 0.1) is 0 Å². The quantitative estimate of drug-likeness (QED) is 0.791. The molecule has 1 aliphatic carbocycles. The van der Waals surface area contributed by atoms with Crippen molar-refractivity contribution < 1.29 is 14.7 Å². The monoisotopic (exact) mass is 228 g/mol. The summed E-state index contributed by atoms with van der Waals surface area (Å²) in [6.45, 7) is 5.30. The predicted octanol–water partition coefficient (Wildman–Crippen LogP) is 1.39. The molecule has 1 N–H and O–H groups in total. The molecule has 0 aromatic heterocycles. The van der Waals surface area contributed by atoms with Gasteiger partial charge < -0.3 is 14.9 Å². The average Bonchev–Trinajstić information content (AvgIpc) is 3.00. The second kappa shape index (κ2) is 4.31. The topological polar surface area (TPSA) is 60.9 Å². The van der Waals surface area contributed by atoms with Crippen LogP contribution in [0.2, 0.25) is 0 Å². The van der Waals surface area contributed by atoms with Crippen LogP contribution in [0.15, 0.2) is 0 Å². The first-order valence-corrected chi connectivity index (χ1v) is 5.60. The molecular formula is C11H20N2O3. The van der Waals surface area contributed by atoms with Crippen molar-refractivity contribution in [2.24, 2.45) is 0 Å². The zero-order valence-electron chi connectivity index (χ0n) is 10.4. The van der Waals surface area contributed by atoms with Crippen molar-refractivity contribution in [1.29, 1.82) is 0 Å². The van der Waals surface area contributed by atoms with E-state index < -0.39 is 11.5 Å². The van der Waals surface area contributed by atoms with E-state index in [4.69, 9.17) is 5.11 Å². The van der Waals surface area contributed by atoms with Gasteiger partial charge in [0.15, 0.2) is 0 Å². The van der Waals surface area contributed by atoms with Crippen molar-refractivity contribution >= 4 is 12.0 Å². The SMILES string of the molecule is CCN(C(=O)N(C)C1CC1)C(C)(C)C(=O)O. The van der Waals surface area contributed by atoms with E-state index in [1.807, 2.05) is 0 Å². The van der Waals surface area contributed by atoms with Crippen molar-refractivity contribution in [3.05, 3.63) is 0 Å². The van der Waals surface area contributed by atoms with Crippen molar-refractivity contribution in [3.63, 3.8) is 0 Å². The maximum absolute atomic E-state index is 12.1. The lowest BCUT2D eigenvalue weighted by atomic mass is 10.0. The van der Waals surface area contributed by atoms with Gasteiger partial charge in [-0.3, -0.25) is 0 Å². The number of nitrogens with zero attached hydrogens (tertiary/aromatic N) is 2. The second-order valence-electron chi connectivity index (χ2n) is 4.73. The zero-order valence-corrected chi connectivity index (χ0v) is 10.4. The minimum absolute atomic E-state index is 0.197. The number of urea groups is 1. The first-order chi connectivity index (χ1) is 7.32. The summed E-state index contributed by atoms with van der Waals surface area (Å²) in [6.07, 6.45) is 2.04. The van der Waals surface area contributed by atoms with Gasteiger partial charge >= 0.3 is 12.0 Å². The molecule has 0 atom stereocenters. The highest BCUT2D eigenvalue weighted by Crippen LogP contribution is 2.27. The highest BCUT2D eigenvalue weighted by atomic mass is 16.4. The molecule has 1 saturated carbocycles. The maximum atomic E-state index is 12.1. The molecule has 0 saturated heterocycles. The molecule has 1 rings (SSSR count). The molecule has 1 aliphatic rings. The number of likely N-dealkylation sites (N-methyl/N-ethyl adjacent to an activating group) is 1. The minimum atomic E-state index is -1.16. The summed E-state index contributed by atoms with van der Waals surface area (Å²) >= 11 is 0. The second-order valence-corrected chi connectivity index (χ2v) is 4.73. The maximum Gasteiger partial charge on any atom is 0.329 e. The van der Waals surface area contributed by atoms with Crippen LogP contribution in [0.3, 0.4) is 0 Å². The smallest absolute Gasteiger partial charge is 0.329 e. The highest BCUT2D eigenvalue weighted by Gasteiger charge is 2.40.